The number of rotatable bonds is 4. The Morgan fingerprint density at radius 3 is 2.81 bits per heavy atom. The normalized spacial score (nSPS) is 16.4. The number of aryl methyl sites for hydroxylation is 2. The molecule has 1 aliphatic rings. The Kier molecular flexibility index (Phi) is 5.22. The molecule has 1 aromatic heterocycles. The topological polar surface area (TPSA) is 79.2 Å². The van der Waals surface area contributed by atoms with E-state index < -0.39 is 5.91 Å². The summed E-state index contributed by atoms with van der Waals surface area (Å²) in [7, 11) is 0. The Hall–Kier alpha value is -2.81. The predicted molar refractivity (Wildman–Crippen MR) is 102 cm³/mol. The number of nitrogens with one attached hydrogen (secondary N) is 1. The minimum absolute atomic E-state index is 0.00547. The Morgan fingerprint density at radius 2 is 2.15 bits per heavy atom. The second-order valence-electron chi connectivity index (χ2n) is 7.25. The Morgan fingerprint density at radius 1 is 1.41 bits per heavy atom. The van der Waals surface area contributed by atoms with Gasteiger partial charge in [-0.2, -0.15) is 0 Å². The number of halogens is 1. The van der Waals surface area contributed by atoms with E-state index in [-0.39, 0.29) is 24.1 Å². The molecule has 0 radical (unpaired) electrons. The number of aromatic amines is 1. The quantitative estimate of drug-likeness (QED) is 0.812. The number of benzene rings is 1. The van der Waals surface area contributed by atoms with E-state index in [2.05, 4.69) is 16.8 Å². The van der Waals surface area contributed by atoms with Gasteiger partial charge >= 0.3 is 0 Å². The van der Waals surface area contributed by atoms with Crippen molar-refractivity contribution in [3.05, 3.63) is 34.3 Å². The van der Waals surface area contributed by atoms with Crippen molar-refractivity contribution in [3.63, 3.8) is 0 Å². The number of aromatic nitrogens is 1. The molecule has 2 amide bonds. The summed E-state index contributed by atoms with van der Waals surface area (Å²) < 4.78 is 15.0. The number of primary amides is 1. The third-order valence-electron chi connectivity index (χ3n) is 5.37. The standard InChI is InChI=1S/C21H24FN3O2/c1-4-5-19(27)25-7-6-14(11-25)8-16-17(22)9-15(10-18(23)26)21-20(16)12(2)13(3)24-21/h9,14,24H,6-8,10-11H2,1-3H3,(H2,23,26). The van der Waals surface area contributed by atoms with Crippen molar-refractivity contribution >= 4 is 22.7 Å². The molecule has 0 aliphatic carbocycles. The summed E-state index contributed by atoms with van der Waals surface area (Å²) in [5, 5.41) is 0.835. The number of carbonyl (C=O) groups is 2. The zero-order chi connectivity index (χ0) is 19.7. The first-order valence-electron chi connectivity index (χ1n) is 9.10. The fraction of sp³-hybridized carbons (Fsp3) is 0.429. The van der Waals surface area contributed by atoms with Gasteiger partial charge in [0.15, 0.2) is 0 Å². The average molecular weight is 369 g/mol. The van der Waals surface area contributed by atoms with E-state index in [0.717, 1.165) is 28.6 Å². The molecule has 0 bridgehead atoms. The smallest absolute Gasteiger partial charge is 0.298 e. The van der Waals surface area contributed by atoms with Gasteiger partial charge in [0, 0.05) is 24.2 Å². The van der Waals surface area contributed by atoms with Crippen LogP contribution < -0.4 is 5.73 Å². The molecule has 0 saturated carbocycles. The minimum atomic E-state index is -0.490. The molecule has 1 fully saturated rings. The number of hydrogen-bond donors (Lipinski definition) is 2. The lowest BCUT2D eigenvalue weighted by Gasteiger charge is -2.15. The number of hydrogen-bond acceptors (Lipinski definition) is 2. The molecule has 2 heterocycles. The molecule has 1 aromatic carbocycles. The van der Waals surface area contributed by atoms with E-state index >= 15 is 0 Å². The highest BCUT2D eigenvalue weighted by molar-refractivity contribution is 5.94. The zero-order valence-corrected chi connectivity index (χ0v) is 15.9. The van der Waals surface area contributed by atoms with E-state index in [1.807, 2.05) is 13.8 Å². The third kappa shape index (κ3) is 3.68. The average Bonchev–Trinajstić information content (AvgIpc) is 3.17. The molecule has 1 saturated heterocycles. The van der Waals surface area contributed by atoms with Crippen molar-refractivity contribution < 1.29 is 14.0 Å². The van der Waals surface area contributed by atoms with Crippen molar-refractivity contribution in [3.8, 4) is 11.8 Å². The first-order valence-corrected chi connectivity index (χ1v) is 9.10. The monoisotopic (exact) mass is 369 g/mol. The lowest BCUT2D eigenvalue weighted by molar-refractivity contribution is -0.124. The van der Waals surface area contributed by atoms with E-state index in [1.165, 1.54) is 6.07 Å². The highest BCUT2D eigenvalue weighted by Gasteiger charge is 2.28. The van der Waals surface area contributed by atoms with Crippen LogP contribution in [0, 0.1) is 37.4 Å². The van der Waals surface area contributed by atoms with Crippen molar-refractivity contribution in [2.45, 2.75) is 40.0 Å². The van der Waals surface area contributed by atoms with Crippen LogP contribution >= 0.6 is 0 Å². The third-order valence-corrected chi connectivity index (χ3v) is 5.37. The Labute approximate surface area is 158 Å². The van der Waals surface area contributed by atoms with Gasteiger partial charge in [-0.05, 0) is 68.2 Å². The van der Waals surface area contributed by atoms with Gasteiger partial charge in [0.25, 0.3) is 5.91 Å². The number of carbonyl (C=O) groups excluding carboxylic acids is 2. The van der Waals surface area contributed by atoms with Crippen LogP contribution in [0.1, 0.15) is 35.7 Å². The molecular weight excluding hydrogens is 345 g/mol. The van der Waals surface area contributed by atoms with Gasteiger partial charge in [0.1, 0.15) is 5.82 Å². The molecule has 3 rings (SSSR count). The molecule has 2 aromatic rings. The van der Waals surface area contributed by atoms with Gasteiger partial charge in [0.05, 0.1) is 11.9 Å². The van der Waals surface area contributed by atoms with Crippen LogP contribution in [0.25, 0.3) is 10.9 Å². The number of likely N-dealkylation sites (tertiary alicyclic amines) is 1. The van der Waals surface area contributed by atoms with Crippen LogP contribution in [0.5, 0.6) is 0 Å². The van der Waals surface area contributed by atoms with E-state index in [4.69, 9.17) is 5.73 Å². The Bertz CT molecular complexity index is 981. The maximum atomic E-state index is 15.0. The van der Waals surface area contributed by atoms with E-state index in [1.54, 1.807) is 11.8 Å². The number of H-pyrrole nitrogens is 1. The van der Waals surface area contributed by atoms with Crippen molar-refractivity contribution in [1.82, 2.24) is 9.88 Å². The van der Waals surface area contributed by atoms with Crippen LogP contribution in [0.4, 0.5) is 4.39 Å². The maximum Gasteiger partial charge on any atom is 0.298 e. The summed E-state index contributed by atoms with van der Waals surface area (Å²) in [6.07, 6.45) is 1.36. The summed E-state index contributed by atoms with van der Waals surface area (Å²) in [4.78, 5) is 28.3. The molecule has 3 N–H and O–H groups in total. The molecule has 1 unspecified atom stereocenters. The molecule has 27 heavy (non-hydrogen) atoms. The molecule has 1 atom stereocenters. The number of nitrogens with two attached hydrogens (primary N) is 1. The first kappa shape index (κ1) is 19.0. The van der Waals surface area contributed by atoms with E-state index in [0.29, 0.717) is 30.6 Å². The van der Waals surface area contributed by atoms with Crippen molar-refractivity contribution in [2.24, 2.45) is 11.7 Å². The van der Waals surface area contributed by atoms with E-state index in [9.17, 15) is 14.0 Å². The summed E-state index contributed by atoms with van der Waals surface area (Å²) in [6, 6.07) is 1.41. The zero-order valence-electron chi connectivity index (χ0n) is 15.9. The molecule has 5 nitrogen and oxygen atoms in total. The fourth-order valence-electron chi connectivity index (χ4n) is 3.95. The van der Waals surface area contributed by atoms with Crippen molar-refractivity contribution in [1.29, 1.82) is 0 Å². The summed E-state index contributed by atoms with van der Waals surface area (Å²) in [5.41, 5.74) is 9.25. The fourth-order valence-corrected chi connectivity index (χ4v) is 3.95. The van der Waals surface area contributed by atoms with Crippen LogP contribution in [0.15, 0.2) is 6.07 Å². The maximum absolute atomic E-state index is 15.0. The number of fused-ring (bicyclic) bond motifs is 1. The largest absolute Gasteiger partial charge is 0.369 e. The number of amides is 2. The van der Waals surface area contributed by atoms with Gasteiger partial charge in [-0.3, -0.25) is 9.59 Å². The van der Waals surface area contributed by atoms with Crippen molar-refractivity contribution in [2.75, 3.05) is 13.1 Å². The highest BCUT2D eigenvalue weighted by Crippen LogP contribution is 2.33. The van der Waals surface area contributed by atoms with Gasteiger partial charge in [-0.1, -0.05) is 5.92 Å². The lowest BCUT2D eigenvalue weighted by Crippen LogP contribution is -2.27. The first-order chi connectivity index (χ1) is 12.8. The molecule has 0 spiro atoms. The van der Waals surface area contributed by atoms with Crippen LogP contribution in [0.3, 0.4) is 0 Å². The molecule has 6 heteroatoms. The second kappa shape index (κ2) is 7.43. The molecule has 142 valence electrons. The number of nitrogens with zero attached hydrogens (tertiary/aromatic N) is 1. The van der Waals surface area contributed by atoms with Gasteiger partial charge in [-0.25, -0.2) is 4.39 Å². The van der Waals surface area contributed by atoms with Crippen LogP contribution in [-0.4, -0.2) is 34.8 Å². The molecular formula is C21H24FN3O2. The summed E-state index contributed by atoms with van der Waals surface area (Å²) >= 11 is 0. The van der Waals surface area contributed by atoms with Gasteiger partial charge in [-0.15, -0.1) is 0 Å². The van der Waals surface area contributed by atoms with Gasteiger partial charge in [0.2, 0.25) is 5.91 Å². The highest BCUT2D eigenvalue weighted by atomic mass is 19.1. The lowest BCUT2D eigenvalue weighted by atomic mass is 9.92. The predicted octanol–water partition coefficient (Wildman–Crippen LogP) is 2.37. The SMILES string of the molecule is CC#CC(=O)N1CCC(Cc2c(F)cc(CC(N)=O)c3[nH]c(C)c(C)c23)C1. The summed E-state index contributed by atoms with van der Waals surface area (Å²) in [5.74, 6) is 4.40. The van der Waals surface area contributed by atoms with Gasteiger partial charge < -0.3 is 15.6 Å². The second-order valence-corrected chi connectivity index (χ2v) is 7.25. The minimum Gasteiger partial charge on any atom is -0.369 e. The van der Waals surface area contributed by atoms with Crippen LogP contribution in [-0.2, 0) is 22.4 Å². The van der Waals surface area contributed by atoms with Crippen LogP contribution in [0.2, 0.25) is 0 Å². The Balaban J connectivity index is 1.95. The molecule has 1 aliphatic heterocycles. The summed E-state index contributed by atoms with van der Waals surface area (Å²) in [6.45, 7) is 6.76.